The van der Waals surface area contributed by atoms with E-state index in [-0.39, 0.29) is 5.75 Å². The molecule has 4 nitrogen and oxygen atoms in total. The van der Waals surface area contributed by atoms with Gasteiger partial charge in [0, 0.05) is 23.1 Å². The van der Waals surface area contributed by atoms with Crippen LogP contribution in [0.15, 0.2) is 18.2 Å². The van der Waals surface area contributed by atoms with E-state index in [1.807, 2.05) is 0 Å². The van der Waals surface area contributed by atoms with E-state index in [0.717, 1.165) is 5.56 Å². The molecule has 96 valence electrons. The molecule has 0 saturated heterocycles. The summed E-state index contributed by atoms with van der Waals surface area (Å²) in [5.41, 5.74) is 0.921. The number of rotatable bonds is 6. The number of hydrogen-bond donors (Lipinski definition) is 2. The van der Waals surface area contributed by atoms with Crippen LogP contribution in [0.2, 0.25) is 10.0 Å². The van der Waals surface area contributed by atoms with Gasteiger partial charge in [-0.2, -0.15) is 0 Å². The normalized spacial score (nSPS) is 11.7. The summed E-state index contributed by atoms with van der Waals surface area (Å²) in [5, 5.41) is 4.14. The van der Waals surface area contributed by atoms with Crippen LogP contribution in [0.1, 0.15) is 5.56 Å². The van der Waals surface area contributed by atoms with Crippen LogP contribution >= 0.6 is 23.2 Å². The molecule has 0 spiro atoms. The lowest BCUT2D eigenvalue weighted by Gasteiger charge is -2.06. The highest BCUT2D eigenvalue weighted by molar-refractivity contribution is 7.89. The lowest BCUT2D eigenvalue weighted by atomic mass is 10.2. The SMILES string of the molecule is CNS(=O)(=O)CCNCc1cc(Cl)cc(Cl)c1. The first-order valence-corrected chi connectivity index (χ1v) is 7.41. The zero-order chi connectivity index (χ0) is 12.9. The van der Waals surface area contributed by atoms with Crippen molar-refractivity contribution in [3.05, 3.63) is 33.8 Å². The van der Waals surface area contributed by atoms with Crippen LogP contribution < -0.4 is 10.0 Å². The highest BCUT2D eigenvalue weighted by Crippen LogP contribution is 2.18. The highest BCUT2D eigenvalue weighted by atomic mass is 35.5. The van der Waals surface area contributed by atoms with Gasteiger partial charge in [-0.3, -0.25) is 0 Å². The molecular weight excluding hydrogens is 283 g/mol. The Balaban J connectivity index is 2.41. The Bertz CT molecular complexity index is 457. The molecule has 0 bridgehead atoms. The van der Waals surface area contributed by atoms with Crippen LogP contribution in [-0.2, 0) is 16.6 Å². The monoisotopic (exact) mass is 296 g/mol. The van der Waals surface area contributed by atoms with Gasteiger partial charge in [0.05, 0.1) is 5.75 Å². The minimum Gasteiger partial charge on any atom is -0.312 e. The molecule has 1 rings (SSSR count). The zero-order valence-corrected chi connectivity index (χ0v) is 11.7. The number of halogens is 2. The molecule has 17 heavy (non-hydrogen) atoms. The maximum absolute atomic E-state index is 11.1. The fraction of sp³-hybridized carbons (Fsp3) is 0.400. The Morgan fingerprint density at radius 1 is 1.18 bits per heavy atom. The quantitative estimate of drug-likeness (QED) is 0.785. The van der Waals surface area contributed by atoms with Gasteiger partial charge in [0.1, 0.15) is 0 Å². The van der Waals surface area contributed by atoms with E-state index >= 15 is 0 Å². The van der Waals surface area contributed by atoms with Crippen molar-refractivity contribution < 1.29 is 8.42 Å². The number of hydrogen-bond acceptors (Lipinski definition) is 3. The van der Waals surface area contributed by atoms with Crippen molar-refractivity contribution in [3.8, 4) is 0 Å². The summed E-state index contributed by atoms with van der Waals surface area (Å²) in [4.78, 5) is 0. The van der Waals surface area contributed by atoms with Gasteiger partial charge in [0.25, 0.3) is 0 Å². The average Bonchev–Trinajstić information content (AvgIpc) is 2.23. The molecule has 7 heteroatoms. The van der Waals surface area contributed by atoms with E-state index in [0.29, 0.717) is 23.1 Å². The maximum Gasteiger partial charge on any atom is 0.212 e. The van der Waals surface area contributed by atoms with Gasteiger partial charge in [-0.1, -0.05) is 23.2 Å². The number of benzene rings is 1. The maximum atomic E-state index is 11.1. The standard InChI is InChI=1S/C10H14Cl2N2O2S/c1-13-17(15,16)3-2-14-7-8-4-9(11)6-10(12)5-8/h4-6,13-14H,2-3,7H2,1H3. The first-order valence-electron chi connectivity index (χ1n) is 5.00. The molecule has 0 fully saturated rings. The second-order valence-electron chi connectivity index (χ2n) is 3.48. The Hall–Kier alpha value is -0.330. The van der Waals surface area contributed by atoms with Crippen molar-refractivity contribution in [2.24, 2.45) is 0 Å². The van der Waals surface area contributed by atoms with E-state index in [2.05, 4.69) is 10.0 Å². The zero-order valence-electron chi connectivity index (χ0n) is 9.33. The van der Waals surface area contributed by atoms with Crippen LogP contribution in [0.3, 0.4) is 0 Å². The van der Waals surface area contributed by atoms with E-state index in [1.54, 1.807) is 18.2 Å². The third-order valence-corrected chi connectivity index (χ3v) is 3.91. The molecule has 0 aliphatic heterocycles. The predicted molar refractivity (Wildman–Crippen MR) is 71.0 cm³/mol. The molecule has 0 atom stereocenters. The molecule has 0 aliphatic carbocycles. The Morgan fingerprint density at radius 3 is 2.29 bits per heavy atom. The fourth-order valence-electron chi connectivity index (χ4n) is 1.25. The number of nitrogens with one attached hydrogen (secondary N) is 2. The lowest BCUT2D eigenvalue weighted by Crippen LogP contribution is -2.29. The summed E-state index contributed by atoms with van der Waals surface area (Å²) >= 11 is 11.7. The van der Waals surface area contributed by atoms with Crippen molar-refractivity contribution in [2.45, 2.75) is 6.54 Å². The fourth-order valence-corrected chi connectivity index (χ4v) is 2.44. The molecular formula is C10H14Cl2N2O2S. The molecule has 0 unspecified atom stereocenters. The van der Waals surface area contributed by atoms with Gasteiger partial charge in [0.2, 0.25) is 10.0 Å². The topological polar surface area (TPSA) is 58.2 Å². The van der Waals surface area contributed by atoms with Crippen molar-refractivity contribution >= 4 is 33.2 Å². The second kappa shape index (κ2) is 6.56. The Kier molecular flexibility index (Phi) is 5.69. The predicted octanol–water partition coefficient (Wildman–Crippen LogP) is 1.63. The Morgan fingerprint density at radius 2 is 1.76 bits per heavy atom. The summed E-state index contributed by atoms with van der Waals surface area (Å²) < 4.78 is 24.5. The molecule has 0 saturated carbocycles. The Labute approximate surface area is 111 Å². The van der Waals surface area contributed by atoms with E-state index in [9.17, 15) is 8.42 Å². The third-order valence-electron chi connectivity index (χ3n) is 2.11. The second-order valence-corrected chi connectivity index (χ2v) is 6.40. The van der Waals surface area contributed by atoms with E-state index in [1.165, 1.54) is 7.05 Å². The number of sulfonamides is 1. The molecule has 0 amide bonds. The summed E-state index contributed by atoms with van der Waals surface area (Å²) in [7, 11) is -1.76. The van der Waals surface area contributed by atoms with Gasteiger partial charge >= 0.3 is 0 Å². The highest BCUT2D eigenvalue weighted by Gasteiger charge is 2.05. The van der Waals surface area contributed by atoms with Gasteiger partial charge in [-0.15, -0.1) is 0 Å². The molecule has 0 heterocycles. The summed E-state index contributed by atoms with van der Waals surface area (Å²) in [6.07, 6.45) is 0. The minimum atomic E-state index is -3.15. The van der Waals surface area contributed by atoms with Crippen LogP contribution in [0.25, 0.3) is 0 Å². The van der Waals surface area contributed by atoms with Gasteiger partial charge in [-0.05, 0) is 30.8 Å². The summed E-state index contributed by atoms with van der Waals surface area (Å²) in [6.45, 7) is 0.896. The molecule has 1 aromatic rings. The summed E-state index contributed by atoms with van der Waals surface area (Å²) in [6, 6.07) is 5.22. The van der Waals surface area contributed by atoms with Gasteiger partial charge < -0.3 is 5.32 Å². The van der Waals surface area contributed by atoms with E-state index < -0.39 is 10.0 Å². The summed E-state index contributed by atoms with van der Waals surface area (Å²) in [5.74, 6) is 0.0395. The van der Waals surface area contributed by atoms with E-state index in [4.69, 9.17) is 23.2 Å². The molecule has 0 radical (unpaired) electrons. The largest absolute Gasteiger partial charge is 0.312 e. The van der Waals surface area contributed by atoms with Crippen molar-refractivity contribution in [2.75, 3.05) is 19.3 Å². The van der Waals surface area contributed by atoms with Crippen molar-refractivity contribution in [3.63, 3.8) is 0 Å². The first-order chi connectivity index (χ1) is 7.93. The smallest absolute Gasteiger partial charge is 0.212 e. The van der Waals surface area contributed by atoms with Crippen LogP contribution in [0, 0.1) is 0 Å². The van der Waals surface area contributed by atoms with Crippen LogP contribution in [-0.4, -0.2) is 27.8 Å². The molecule has 0 aliphatic rings. The van der Waals surface area contributed by atoms with Crippen molar-refractivity contribution in [1.29, 1.82) is 0 Å². The van der Waals surface area contributed by atoms with Crippen LogP contribution in [0.4, 0.5) is 0 Å². The molecule has 1 aromatic carbocycles. The average molecular weight is 297 g/mol. The van der Waals surface area contributed by atoms with Crippen molar-refractivity contribution in [1.82, 2.24) is 10.0 Å². The first kappa shape index (κ1) is 14.7. The van der Waals surface area contributed by atoms with Crippen LogP contribution in [0.5, 0.6) is 0 Å². The van der Waals surface area contributed by atoms with Gasteiger partial charge in [0.15, 0.2) is 0 Å². The third kappa shape index (κ3) is 5.70. The lowest BCUT2D eigenvalue weighted by molar-refractivity contribution is 0.583. The molecule has 2 N–H and O–H groups in total. The van der Waals surface area contributed by atoms with Gasteiger partial charge in [-0.25, -0.2) is 13.1 Å². The minimum absolute atomic E-state index is 0.0395. The molecule has 0 aromatic heterocycles.